The number of aromatic nitrogens is 3. The van der Waals surface area contributed by atoms with Gasteiger partial charge in [-0.05, 0) is 43.5 Å². The van der Waals surface area contributed by atoms with Gasteiger partial charge in [0, 0.05) is 23.6 Å². The van der Waals surface area contributed by atoms with E-state index in [2.05, 4.69) is 20.1 Å². The molecular formula is C16H19ClN4O. The summed E-state index contributed by atoms with van der Waals surface area (Å²) in [5.74, 6) is 1.71. The van der Waals surface area contributed by atoms with Crippen molar-refractivity contribution in [3.8, 4) is 0 Å². The van der Waals surface area contributed by atoms with Gasteiger partial charge < -0.3 is 9.88 Å². The highest BCUT2D eigenvalue weighted by Crippen LogP contribution is 2.16. The van der Waals surface area contributed by atoms with Crippen LogP contribution in [0.4, 0.5) is 0 Å². The summed E-state index contributed by atoms with van der Waals surface area (Å²) in [6.45, 7) is 3.24. The van der Waals surface area contributed by atoms with E-state index in [9.17, 15) is 4.79 Å². The second-order valence-corrected chi connectivity index (χ2v) is 6.13. The molecule has 0 saturated carbocycles. The molecule has 0 spiro atoms. The van der Waals surface area contributed by atoms with Crippen LogP contribution in [0.25, 0.3) is 0 Å². The average Bonchev–Trinajstić information content (AvgIpc) is 2.71. The van der Waals surface area contributed by atoms with Gasteiger partial charge in [-0.1, -0.05) is 18.0 Å². The number of hydrogen-bond acceptors (Lipinski definition) is 3. The van der Waals surface area contributed by atoms with E-state index in [0.717, 1.165) is 43.0 Å². The van der Waals surface area contributed by atoms with Crippen molar-refractivity contribution in [2.75, 3.05) is 0 Å². The first-order valence-electron chi connectivity index (χ1n) is 7.60. The summed E-state index contributed by atoms with van der Waals surface area (Å²) in [5.41, 5.74) is 1.54. The summed E-state index contributed by atoms with van der Waals surface area (Å²) in [5, 5.41) is 11.9. The number of carbonyl (C=O) groups is 1. The molecule has 0 radical (unpaired) electrons. The van der Waals surface area contributed by atoms with Crippen molar-refractivity contribution >= 4 is 17.5 Å². The Bertz CT molecular complexity index is 675. The average molecular weight is 319 g/mol. The maximum absolute atomic E-state index is 12.3. The van der Waals surface area contributed by atoms with Crippen LogP contribution in [-0.2, 0) is 19.5 Å². The third-order valence-electron chi connectivity index (χ3n) is 3.90. The second kappa shape index (κ2) is 6.48. The summed E-state index contributed by atoms with van der Waals surface area (Å²) in [6, 6.07) is 5.33. The van der Waals surface area contributed by atoms with Crippen molar-refractivity contribution in [3.05, 3.63) is 46.0 Å². The fourth-order valence-electron chi connectivity index (χ4n) is 2.80. The lowest BCUT2D eigenvalue weighted by atomic mass is 10.1. The topological polar surface area (TPSA) is 59.8 Å². The van der Waals surface area contributed by atoms with E-state index in [4.69, 9.17) is 11.6 Å². The van der Waals surface area contributed by atoms with Gasteiger partial charge in [-0.15, -0.1) is 10.2 Å². The molecule has 1 aliphatic heterocycles. The molecule has 1 aliphatic rings. The largest absolute Gasteiger partial charge is 0.345 e. The molecule has 1 aromatic heterocycles. The van der Waals surface area contributed by atoms with Crippen LogP contribution in [0.15, 0.2) is 18.2 Å². The Labute approximate surface area is 134 Å². The van der Waals surface area contributed by atoms with Crippen molar-refractivity contribution in [2.24, 2.45) is 0 Å². The monoisotopic (exact) mass is 318 g/mol. The van der Waals surface area contributed by atoms with E-state index in [1.807, 2.05) is 19.1 Å². The molecule has 1 amide bonds. The van der Waals surface area contributed by atoms with Gasteiger partial charge in [-0.2, -0.15) is 0 Å². The number of carbonyl (C=O) groups excluding carboxylic acids is 1. The van der Waals surface area contributed by atoms with E-state index in [1.54, 1.807) is 6.07 Å². The smallest absolute Gasteiger partial charge is 0.251 e. The third kappa shape index (κ3) is 3.30. The normalized spacial score (nSPS) is 14.3. The second-order valence-electron chi connectivity index (χ2n) is 5.69. The van der Waals surface area contributed by atoms with Gasteiger partial charge in [-0.25, -0.2) is 0 Å². The fraction of sp³-hybridized carbons (Fsp3) is 0.438. The predicted octanol–water partition coefficient (Wildman–Crippen LogP) is 2.90. The maximum Gasteiger partial charge on any atom is 0.251 e. The van der Waals surface area contributed by atoms with Crippen LogP contribution in [0.5, 0.6) is 0 Å². The third-order valence-corrected chi connectivity index (χ3v) is 4.12. The van der Waals surface area contributed by atoms with Crippen molar-refractivity contribution in [2.45, 2.75) is 45.7 Å². The summed E-state index contributed by atoms with van der Waals surface area (Å²) in [6.07, 6.45) is 4.48. The first kappa shape index (κ1) is 15.0. The number of nitrogens with zero attached hydrogens (tertiary/aromatic N) is 3. The van der Waals surface area contributed by atoms with Crippen molar-refractivity contribution in [1.82, 2.24) is 20.1 Å². The highest BCUT2D eigenvalue weighted by atomic mass is 35.5. The van der Waals surface area contributed by atoms with Gasteiger partial charge in [0.1, 0.15) is 5.82 Å². The molecule has 0 aliphatic carbocycles. The zero-order valence-corrected chi connectivity index (χ0v) is 13.4. The number of halogens is 1. The van der Waals surface area contributed by atoms with Gasteiger partial charge in [0.05, 0.1) is 6.54 Å². The van der Waals surface area contributed by atoms with E-state index in [1.165, 1.54) is 6.42 Å². The Morgan fingerprint density at radius 3 is 2.95 bits per heavy atom. The van der Waals surface area contributed by atoms with E-state index >= 15 is 0 Å². The van der Waals surface area contributed by atoms with Crippen LogP contribution in [-0.4, -0.2) is 20.7 Å². The van der Waals surface area contributed by atoms with Gasteiger partial charge >= 0.3 is 0 Å². The Kier molecular flexibility index (Phi) is 4.43. The minimum atomic E-state index is -0.142. The molecule has 0 bridgehead atoms. The summed E-state index contributed by atoms with van der Waals surface area (Å²) in [4.78, 5) is 12.3. The van der Waals surface area contributed by atoms with Crippen LogP contribution in [0.3, 0.4) is 0 Å². The highest BCUT2D eigenvalue weighted by molar-refractivity contribution is 6.31. The van der Waals surface area contributed by atoms with Crippen molar-refractivity contribution < 1.29 is 4.79 Å². The number of hydrogen-bond donors (Lipinski definition) is 1. The maximum atomic E-state index is 12.3. The lowest BCUT2D eigenvalue weighted by Crippen LogP contribution is -2.25. The molecule has 116 valence electrons. The van der Waals surface area contributed by atoms with Crippen molar-refractivity contribution in [3.63, 3.8) is 0 Å². The number of aryl methyl sites for hydroxylation is 2. The van der Waals surface area contributed by atoms with Gasteiger partial charge in [0.15, 0.2) is 5.82 Å². The molecule has 6 heteroatoms. The minimum Gasteiger partial charge on any atom is -0.345 e. The van der Waals surface area contributed by atoms with Crippen LogP contribution < -0.4 is 5.32 Å². The highest BCUT2D eigenvalue weighted by Gasteiger charge is 2.15. The molecule has 1 N–H and O–H groups in total. The standard InChI is InChI=1S/C16H19ClN4O/c1-11-7-12(9-13(17)8-11)16(22)18-10-15-20-19-14-5-3-2-4-6-21(14)15/h7-9H,2-6,10H2,1H3,(H,18,22). The molecule has 1 aromatic carbocycles. The first-order valence-corrected chi connectivity index (χ1v) is 7.97. The Hall–Kier alpha value is -1.88. The van der Waals surface area contributed by atoms with Crippen LogP contribution in [0.1, 0.15) is 46.8 Å². The molecule has 0 saturated heterocycles. The van der Waals surface area contributed by atoms with Gasteiger partial charge in [-0.3, -0.25) is 4.79 Å². The molecule has 0 atom stereocenters. The van der Waals surface area contributed by atoms with Gasteiger partial charge in [0.2, 0.25) is 0 Å². The molecule has 0 unspecified atom stereocenters. The zero-order valence-electron chi connectivity index (χ0n) is 12.6. The predicted molar refractivity (Wildman–Crippen MR) is 84.9 cm³/mol. The molecular weight excluding hydrogens is 300 g/mol. The lowest BCUT2D eigenvalue weighted by molar-refractivity contribution is 0.0949. The summed E-state index contributed by atoms with van der Waals surface area (Å²) < 4.78 is 2.14. The number of rotatable bonds is 3. The SMILES string of the molecule is Cc1cc(Cl)cc(C(=O)NCc2nnc3n2CCCCC3)c1. The number of amides is 1. The molecule has 5 nitrogen and oxygen atoms in total. The van der Waals surface area contributed by atoms with Crippen LogP contribution >= 0.6 is 11.6 Å². The molecule has 2 aromatic rings. The van der Waals surface area contributed by atoms with Crippen LogP contribution in [0.2, 0.25) is 5.02 Å². The Morgan fingerprint density at radius 1 is 1.27 bits per heavy atom. The minimum absolute atomic E-state index is 0.142. The van der Waals surface area contributed by atoms with E-state index in [0.29, 0.717) is 17.1 Å². The Morgan fingerprint density at radius 2 is 2.14 bits per heavy atom. The lowest BCUT2D eigenvalue weighted by Gasteiger charge is -2.09. The quantitative estimate of drug-likeness (QED) is 0.946. The van der Waals surface area contributed by atoms with Crippen molar-refractivity contribution in [1.29, 1.82) is 0 Å². The molecule has 22 heavy (non-hydrogen) atoms. The van der Waals surface area contributed by atoms with Crippen LogP contribution in [0, 0.1) is 6.92 Å². The van der Waals surface area contributed by atoms with E-state index < -0.39 is 0 Å². The Balaban J connectivity index is 1.70. The number of fused-ring (bicyclic) bond motifs is 1. The van der Waals surface area contributed by atoms with E-state index in [-0.39, 0.29) is 5.91 Å². The number of benzene rings is 1. The molecule has 2 heterocycles. The summed E-state index contributed by atoms with van der Waals surface area (Å²) in [7, 11) is 0. The first-order chi connectivity index (χ1) is 10.6. The fourth-order valence-corrected chi connectivity index (χ4v) is 3.09. The number of nitrogens with one attached hydrogen (secondary N) is 1. The summed E-state index contributed by atoms with van der Waals surface area (Å²) >= 11 is 6.00. The molecule has 0 fully saturated rings. The van der Waals surface area contributed by atoms with Gasteiger partial charge in [0.25, 0.3) is 5.91 Å². The zero-order chi connectivity index (χ0) is 15.5. The molecule has 3 rings (SSSR count).